The highest BCUT2D eigenvalue weighted by Gasteiger charge is 2.36. The fraction of sp³-hybridized carbons (Fsp3) is 0.348. The van der Waals surface area contributed by atoms with E-state index in [2.05, 4.69) is 15.3 Å². The Hall–Kier alpha value is -4.13. The predicted octanol–water partition coefficient (Wildman–Crippen LogP) is 5.06. The predicted molar refractivity (Wildman–Crippen MR) is 128 cm³/mol. The molecule has 0 radical (unpaired) electrons. The molecule has 0 saturated carbocycles. The van der Waals surface area contributed by atoms with Crippen molar-refractivity contribution in [3.63, 3.8) is 0 Å². The van der Waals surface area contributed by atoms with E-state index in [0.717, 1.165) is 6.07 Å². The van der Waals surface area contributed by atoms with E-state index in [-0.39, 0.29) is 41.0 Å². The number of nitrogens with zero attached hydrogens (tertiary/aromatic N) is 5. The van der Waals surface area contributed by atoms with Gasteiger partial charge in [0.15, 0.2) is 17.1 Å². The summed E-state index contributed by atoms with van der Waals surface area (Å²) < 4.78 is 88.0. The summed E-state index contributed by atoms with van der Waals surface area (Å²) in [5, 5.41) is 21.5. The Labute approximate surface area is 225 Å². The normalized spacial score (nSPS) is 14.7. The Bertz CT molecular complexity index is 1510. The van der Waals surface area contributed by atoms with E-state index in [1.54, 1.807) is 6.07 Å². The van der Waals surface area contributed by atoms with Gasteiger partial charge in [-0.3, -0.25) is 9.20 Å². The Balaban J connectivity index is 0.00000141. The van der Waals surface area contributed by atoms with E-state index in [1.165, 1.54) is 17.0 Å². The van der Waals surface area contributed by atoms with Gasteiger partial charge in [0.25, 0.3) is 11.5 Å². The number of hydrogen-bond acceptors (Lipinski definition) is 7. The molecule has 1 aliphatic heterocycles. The fourth-order valence-electron chi connectivity index (χ4n) is 3.89. The van der Waals surface area contributed by atoms with Gasteiger partial charge >= 0.3 is 12.1 Å². The van der Waals surface area contributed by atoms with Crippen LogP contribution in [0.3, 0.4) is 0 Å². The van der Waals surface area contributed by atoms with Gasteiger partial charge in [-0.05, 0) is 18.2 Å². The maximum Gasteiger partial charge on any atom is 0.417 e. The van der Waals surface area contributed by atoms with E-state index in [9.17, 15) is 50.7 Å². The number of halogens is 8. The third-order valence-corrected chi connectivity index (χ3v) is 5.96. The number of anilines is 2. The number of alkyl halides is 7. The van der Waals surface area contributed by atoms with Crippen molar-refractivity contribution >= 4 is 34.7 Å². The highest BCUT2D eigenvalue weighted by molar-refractivity contribution is 6.29. The zero-order valence-corrected chi connectivity index (χ0v) is 20.8. The Morgan fingerprint density at radius 3 is 2.38 bits per heavy atom. The second-order valence-corrected chi connectivity index (χ2v) is 8.69. The number of aromatic nitrogens is 3. The first-order chi connectivity index (χ1) is 18.7. The summed E-state index contributed by atoms with van der Waals surface area (Å²) in [5.41, 5.74) is -3.91. The zero-order valence-electron chi connectivity index (χ0n) is 20.1. The molecule has 4 rings (SSSR count). The van der Waals surface area contributed by atoms with Crippen LogP contribution in [0, 0.1) is 11.3 Å². The van der Waals surface area contributed by atoms with Crippen molar-refractivity contribution in [3.8, 4) is 6.07 Å². The first-order valence-electron chi connectivity index (χ1n) is 11.2. The minimum Gasteiger partial charge on any atom is -0.476 e. The molecule has 0 amide bonds. The lowest BCUT2D eigenvalue weighted by atomic mass is 10.1. The van der Waals surface area contributed by atoms with Crippen molar-refractivity contribution in [3.05, 3.63) is 62.3 Å². The number of fused-ring (bicyclic) bond motifs is 1. The Kier molecular flexibility index (Phi) is 9.08. The summed E-state index contributed by atoms with van der Waals surface area (Å²) in [6.45, 7) is -2.64. The summed E-state index contributed by atoms with van der Waals surface area (Å²) >= 11 is 5.73. The third kappa shape index (κ3) is 6.71. The number of nitrogens with one attached hydrogen (secondary N) is 1. The largest absolute Gasteiger partial charge is 0.476 e. The first-order valence-corrected chi connectivity index (χ1v) is 11.5. The molecule has 0 atom stereocenters. The topological polar surface area (TPSA) is 124 Å². The first kappa shape index (κ1) is 30.4. The Morgan fingerprint density at radius 2 is 1.82 bits per heavy atom. The number of carboxylic acid groups (broad SMARTS) is 1. The van der Waals surface area contributed by atoms with Gasteiger partial charge in [0.05, 0.1) is 11.3 Å². The van der Waals surface area contributed by atoms with E-state index in [0.29, 0.717) is 10.6 Å². The average molecular weight is 595 g/mol. The van der Waals surface area contributed by atoms with Crippen LogP contribution in [0.4, 0.5) is 42.2 Å². The van der Waals surface area contributed by atoms with E-state index in [4.69, 9.17) is 11.6 Å². The maximum atomic E-state index is 13.7. The van der Waals surface area contributed by atoms with Crippen LogP contribution < -0.4 is 15.8 Å². The van der Waals surface area contributed by atoms with E-state index in [1.807, 2.05) is 0 Å². The van der Waals surface area contributed by atoms with E-state index < -0.39 is 66.8 Å². The van der Waals surface area contributed by atoms with Crippen LogP contribution in [0.5, 0.6) is 0 Å². The number of pyridine rings is 2. The smallest absolute Gasteiger partial charge is 0.417 e. The molecule has 3 aromatic heterocycles. The lowest BCUT2D eigenvalue weighted by Crippen LogP contribution is -2.41. The van der Waals surface area contributed by atoms with Crippen LogP contribution in [0.1, 0.15) is 40.0 Å². The van der Waals surface area contributed by atoms with Crippen LogP contribution in [0.25, 0.3) is 5.65 Å². The Morgan fingerprint density at radius 1 is 1.20 bits per heavy atom. The average Bonchev–Trinajstić information content (AvgIpc) is 2.87. The molecule has 0 aromatic carbocycles. The molecule has 0 unspecified atom stereocenters. The molecule has 2 N–H and O–H groups in total. The molecule has 9 nitrogen and oxygen atoms in total. The molecule has 1 saturated heterocycles. The highest BCUT2D eigenvalue weighted by atomic mass is 35.5. The van der Waals surface area contributed by atoms with E-state index >= 15 is 0 Å². The second-order valence-electron chi connectivity index (χ2n) is 8.31. The zero-order chi connectivity index (χ0) is 29.8. The van der Waals surface area contributed by atoms with Crippen LogP contribution in [-0.2, 0) is 12.7 Å². The van der Waals surface area contributed by atoms with Crippen molar-refractivity contribution < 1.29 is 40.6 Å². The number of aromatic carboxylic acids is 1. The standard InChI is InChI=1S/C22H16ClF5N6O3.CH2F2/c23-15-2-1-14(16(31-15)20(36)37)30-9-11-7-12(22(26,27)28)10-34-17(11)32-18(13(8-29)19(34)35)33-5-3-21(24,25)4-6-33;2-1-3/h1-2,7,10,30H,3-6,9H2,(H,36,37);1H2. The number of hydrogen-bond donors (Lipinski definition) is 2. The van der Waals surface area contributed by atoms with Crippen LogP contribution in [0.15, 0.2) is 29.2 Å². The molecule has 0 spiro atoms. The second kappa shape index (κ2) is 11.9. The van der Waals surface area contributed by atoms with Gasteiger partial charge < -0.3 is 15.3 Å². The number of piperidine rings is 1. The third-order valence-electron chi connectivity index (χ3n) is 5.75. The molecular weight excluding hydrogens is 577 g/mol. The van der Waals surface area contributed by atoms with Crippen LogP contribution in [-0.4, -0.2) is 51.4 Å². The SMILES string of the molecule is FCF.N#Cc1c(N2CCC(F)(F)CC2)nc2c(CNc3ccc(Cl)nc3C(=O)O)cc(C(F)(F)F)cn2c1=O. The summed E-state index contributed by atoms with van der Waals surface area (Å²) in [7, 11) is 0. The number of carboxylic acids is 1. The molecule has 4 heterocycles. The highest BCUT2D eigenvalue weighted by Crippen LogP contribution is 2.33. The van der Waals surface area contributed by atoms with Gasteiger partial charge in [0, 0.05) is 44.2 Å². The van der Waals surface area contributed by atoms with Crippen molar-refractivity contribution in [1.29, 1.82) is 5.26 Å². The molecule has 0 aliphatic carbocycles. The fourth-order valence-corrected chi connectivity index (χ4v) is 4.03. The number of rotatable bonds is 5. The van der Waals surface area contributed by atoms with Crippen LogP contribution in [0.2, 0.25) is 5.15 Å². The van der Waals surface area contributed by atoms with Crippen LogP contribution >= 0.6 is 11.6 Å². The van der Waals surface area contributed by atoms with Gasteiger partial charge in [-0.15, -0.1) is 0 Å². The molecule has 17 heteroatoms. The van der Waals surface area contributed by atoms with Gasteiger partial charge in [-0.25, -0.2) is 32.3 Å². The molecule has 0 bridgehead atoms. The van der Waals surface area contributed by atoms with Crippen molar-refractivity contribution in [2.45, 2.75) is 31.5 Å². The minimum absolute atomic E-state index is 0.0676. The minimum atomic E-state index is -4.87. The molecule has 40 heavy (non-hydrogen) atoms. The van der Waals surface area contributed by atoms with Gasteiger partial charge in [0.1, 0.15) is 16.9 Å². The lowest BCUT2D eigenvalue weighted by Gasteiger charge is -2.33. The van der Waals surface area contributed by atoms with Crippen molar-refractivity contribution in [1.82, 2.24) is 14.4 Å². The van der Waals surface area contributed by atoms with Gasteiger partial charge in [0.2, 0.25) is 6.93 Å². The van der Waals surface area contributed by atoms with Crippen molar-refractivity contribution in [2.75, 3.05) is 30.2 Å². The molecular formula is C23H18ClF7N6O3. The molecule has 214 valence electrons. The summed E-state index contributed by atoms with van der Waals surface area (Å²) in [6.07, 6.45) is -5.49. The van der Waals surface area contributed by atoms with Gasteiger partial charge in [-0.2, -0.15) is 18.4 Å². The summed E-state index contributed by atoms with van der Waals surface area (Å²) in [5.74, 6) is -4.60. The molecule has 1 aliphatic rings. The van der Waals surface area contributed by atoms with Crippen molar-refractivity contribution in [2.24, 2.45) is 0 Å². The monoisotopic (exact) mass is 594 g/mol. The summed E-state index contributed by atoms with van der Waals surface area (Å²) in [6, 6.07) is 4.88. The van der Waals surface area contributed by atoms with Gasteiger partial charge in [-0.1, -0.05) is 11.6 Å². The number of carbonyl (C=O) groups is 1. The summed E-state index contributed by atoms with van der Waals surface area (Å²) in [4.78, 5) is 33.8. The molecule has 3 aromatic rings. The quantitative estimate of drug-likeness (QED) is 0.310. The number of nitriles is 1. The molecule has 1 fully saturated rings. The maximum absolute atomic E-state index is 13.7. The lowest BCUT2D eigenvalue weighted by molar-refractivity contribution is -0.137.